The average molecular weight is 191 g/mol. The summed E-state index contributed by atoms with van der Waals surface area (Å²) in [6.07, 6.45) is 9.18. The van der Waals surface area contributed by atoms with Crippen molar-refractivity contribution < 1.29 is 5.11 Å². The second kappa shape index (κ2) is 3.38. The third kappa shape index (κ3) is 1.48. The molecule has 0 fully saturated rings. The van der Waals surface area contributed by atoms with Crippen molar-refractivity contribution in [2.24, 2.45) is 4.99 Å². The van der Waals surface area contributed by atoms with E-state index in [1.165, 1.54) is 0 Å². The van der Waals surface area contributed by atoms with E-state index in [2.05, 4.69) is 15.0 Å². The van der Waals surface area contributed by atoms with Crippen LogP contribution in [0, 0.1) is 0 Å². The number of aromatic nitrogens is 2. The van der Waals surface area contributed by atoms with Crippen LogP contribution in [-0.4, -0.2) is 27.4 Å². The van der Waals surface area contributed by atoms with Crippen molar-refractivity contribution in [1.29, 1.82) is 0 Å². The molecular formula is C10H13N3O. The summed E-state index contributed by atoms with van der Waals surface area (Å²) >= 11 is 0. The molecule has 0 amide bonds. The van der Waals surface area contributed by atoms with Gasteiger partial charge in [-0.3, -0.25) is 4.99 Å². The van der Waals surface area contributed by atoms with Crippen LogP contribution in [0.15, 0.2) is 29.5 Å². The molecule has 2 heterocycles. The lowest BCUT2D eigenvalue weighted by molar-refractivity contribution is 0.160. The maximum Gasteiger partial charge on any atom is 0.139 e. The van der Waals surface area contributed by atoms with E-state index in [0.717, 1.165) is 5.82 Å². The second-order valence-corrected chi connectivity index (χ2v) is 3.55. The van der Waals surface area contributed by atoms with Crippen molar-refractivity contribution in [1.82, 2.24) is 9.97 Å². The number of allylic oxidation sites excluding steroid dienone is 1. The number of aliphatic hydroxyl groups is 1. The van der Waals surface area contributed by atoms with E-state index in [0.29, 0.717) is 6.42 Å². The van der Waals surface area contributed by atoms with Crippen LogP contribution in [0.5, 0.6) is 0 Å². The number of nitrogens with one attached hydrogen (secondary N) is 1. The zero-order chi connectivity index (χ0) is 10.0. The molecule has 0 saturated carbocycles. The first kappa shape index (κ1) is 9.15. The zero-order valence-electron chi connectivity index (χ0n) is 8.01. The summed E-state index contributed by atoms with van der Waals surface area (Å²) in [5.74, 6) is 0.781. The monoisotopic (exact) mass is 191 g/mol. The first-order valence-corrected chi connectivity index (χ1v) is 4.64. The highest BCUT2D eigenvalue weighted by atomic mass is 16.3. The Balaban J connectivity index is 2.33. The predicted octanol–water partition coefficient (Wildman–Crippen LogP) is 1.02. The summed E-state index contributed by atoms with van der Waals surface area (Å²) in [7, 11) is 0. The van der Waals surface area contributed by atoms with E-state index in [1.807, 2.05) is 12.2 Å². The molecule has 14 heavy (non-hydrogen) atoms. The summed E-state index contributed by atoms with van der Waals surface area (Å²) < 4.78 is 0. The van der Waals surface area contributed by atoms with Gasteiger partial charge in [0.25, 0.3) is 0 Å². The van der Waals surface area contributed by atoms with Gasteiger partial charge < -0.3 is 10.1 Å². The Kier molecular flexibility index (Phi) is 2.21. The minimum absolute atomic E-state index is 0.403. The molecular weight excluding hydrogens is 178 g/mol. The van der Waals surface area contributed by atoms with Crippen LogP contribution in [0.3, 0.4) is 0 Å². The van der Waals surface area contributed by atoms with Gasteiger partial charge in [-0.15, -0.1) is 0 Å². The third-order valence-electron chi connectivity index (χ3n) is 2.28. The number of nitrogens with zero attached hydrogens (tertiary/aromatic N) is 2. The number of aliphatic hydroxyl groups excluding tert-OH is 1. The number of imidazole rings is 1. The largest absolute Gasteiger partial charge is 0.393 e. The van der Waals surface area contributed by atoms with Crippen molar-refractivity contribution in [2.45, 2.75) is 25.0 Å². The molecule has 2 atom stereocenters. The van der Waals surface area contributed by atoms with Crippen molar-refractivity contribution in [3.8, 4) is 0 Å². The normalized spacial score (nSPS) is 27.0. The van der Waals surface area contributed by atoms with Crippen LogP contribution in [-0.2, 0) is 5.54 Å². The van der Waals surface area contributed by atoms with E-state index in [4.69, 9.17) is 0 Å². The van der Waals surface area contributed by atoms with E-state index in [9.17, 15) is 5.11 Å². The van der Waals surface area contributed by atoms with Gasteiger partial charge in [-0.25, -0.2) is 4.98 Å². The lowest BCUT2D eigenvalue weighted by atomic mass is 9.93. The summed E-state index contributed by atoms with van der Waals surface area (Å²) in [5, 5.41) is 9.43. The topological polar surface area (TPSA) is 61.3 Å². The fraction of sp³-hybridized carbons (Fsp3) is 0.400. The Morgan fingerprint density at radius 3 is 3.00 bits per heavy atom. The number of aromatic amines is 1. The minimum atomic E-state index is -0.488. The van der Waals surface area contributed by atoms with Gasteiger partial charge in [-0.05, 0) is 19.1 Å². The minimum Gasteiger partial charge on any atom is -0.393 e. The molecule has 0 aromatic carbocycles. The molecule has 2 unspecified atom stereocenters. The van der Waals surface area contributed by atoms with Gasteiger partial charge >= 0.3 is 0 Å². The lowest BCUT2D eigenvalue weighted by Crippen LogP contribution is -2.26. The number of hydrogen-bond donors (Lipinski definition) is 2. The molecule has 4 heteroatoms. The van der Waals surface area contributed by atoms with Gasteiger partial charge in [-0.2, -0.15) is 0 Å². The molecule has 0 aliphatic carbocycles. The summed E-state index contributed by atoms with van der Waals surface area (Å²) in [5.41, 5.74) is -0.488. The molecule has 0 saturated heterocycles. The van der Waals surface area contributed by atoms with Crippen LogP contribution >= 0.6 is 0 Å². The Morgan fingerprint density at radius 2 is 2.50 bits per heavy atom. The molecule has 74 valence electrons. The molecule has 1 aliphatic rings. The number of aliphatic imine (C=N–C) groups is 1. The number of hydrogen-bond acceptors (Lipinski definition) is 3. The Bertz CT molecular complexity index is 339. The SMILES string of the molecule is CC(O)CC1(c2ncc[nH]2)C=CC=N1. The first-order valence-electron chi connectivity index (χ1n) is 4.64. The summed E-state index contributed by atoms with van der Waals surface area (Å²) in [6, 6.07) is 0. The van der Waals surface area contributed by atoms with E-state index in [-0.39, 0.29) is 0 Å². The molecule has 1 aromatic rings. The van der Waals surface area contributed by atoms with Crippen molar-refractivity contribution in [3.05, 3.63) is 30.4 Å². The number of rotatable bonds is 3. The van der Waals surface area contributed by atoms with Crippen molar-refractivity contribution in [2.75, 3.05) is 0 Å². The summed E-state index contributed by atoms with van der Waals surface area (Å²) in [6.45, 7) is 1.76. The quantitative estimate of drug-likeness (QED) is 0.749. The maximum absolute atomic E-state index is 9.43. The highest BCUT2D eigenvalue weighted by molar-refractivity contribution is 5.75. The molecule has 1 aliphatic heterocycles. The van der Waals surface area contributed by atoms with Gasteiger partial charge in [-0.1, -0.05) is 0 Å². The third-order valence-corrected chi connectivity index (χ3v) is 2.28. The Labute approximate surface area is 82.4 Å². The van der Waals surface area contributed by atoms with Gasteiger partial charge in [0.1, 0.15) is 11.4 Å². The van der Waals surface area contributed by atoms with Crippen LogP contribution < -0.4 is 0 Å². The molecule has 0 spiro atoms. The van der Waals surface area contributed by atoms with Crippen LogP contribution in [0.4, 0.5) is 0 Å². The van der Waals surface area contributed by atoms with Gasteiger partial charge in [0.15, 0.2) is 0 Å². The van der Waals surface area contributed by atoms with Gasteiger partial charge in [0, 0.05) is 25.0 Å². The standard InChI is InChI=1S/C10H13N3O/c1-8(14)7-10(3-2-4-13-10)9-11-5-6-12-9/h2-6,8,14H,7H2,1H3,(H,11,12). The molecule has 4 nitrogen and oxygen atoms in total. The Hall–Kier alpha value is -1.42. The maximum atomic E-state index is 9.43. The lowest BCUT2D eigenvalue weighted by Gasteiger charge is -2.23. The fourth-order valence-corrected chi connectivity index (χ4v) is 1.73. The number of H-pyrrole nitrogens is 1. The molecule has 2 rings (SSSR count). The average Bonchev–Trinajstić information content (AvgIpc) is 2.69. The Morgan fingerprint density at radius 1 is 1.64 bits per heavy atom. The van der Waals surface area contributed by atoms with Crippen LogP contribution in [0.1, 0.15) is 19.2 Å². The molecule has 0 bridgehead atoms. The first-order chi connectivity index (χ1) is 6.73. The molecule has 0 radical (unpaired) electrons. The predicted molar refractivity (Wildman–Crippen MR) is 54.2 cm³/mol. The smallest absolute Gasteiger partial charge is 0.139 e. The highest BCUT2D eigenvalue weighted by Crippen LogP contribution is 2.32. The zero-order valence-corrected chi connectivity index (χ0v) is 8.01. The van der Waals surface area contributed by atoms with Crippen LogP contribution in [0.25, 0.3) is 0 Å². The van der Waals surface area contributed by atoms with Gasteiger partial charge in [0.2, 0.25) is 0 Å². The van der Waals surface area contributed by atoms with Crippen LogP contribution in [0.2, 0.25) is 0 Å². The summed E-state index contributed by atoms with van der Waals surface area (Å²) in [4.78, 5) is 11.6. The second-order valence-electron chi connectivity index (χ2n) is 3.55. The van der Waals surface area contributed by atoms with Crippen molar-refractivity contribution in [3.63, 3.8) is 0 Å². The van der Waals surface area contributed by atoms with Crippen molar-refractivity contribution >= 4 is 6.21 Å². The molecule has 1 aromatic heterocycles. The molecule has 2 N–H and O–H groups in total. The van der Waals surface area contributed by atoms with E-state index < -0.39 is 11.6 Å². The van der Waals surface area contributed by atoms with E-state index in [1.54, 1.807) is 25.5 Å². The van der Waals surface area contributed by atoms with Gasteiger partial charge in [0.05, 0.1) is 6.10 Å². The highest BCUT2D eigenvalue weighted by Gasteiger charge is 2.33. The fourth-order valence-electron chi connectivity index (χ4n) is 1.73. The van der Waals surface area contributed by atoms with E-state index >= 15 is 0 Å².